The van der Waals surface area contributed by atoms with Gasteiger partial charge >= 0.3 is 0 Å². The average Bonchev–Trinajstić information content (AvgIpc) is 2.66. The Bertz CT molecular complexity index is 899. The zero-order valence-electron chi connectivity index (χ0n) is 14.1. The second-order valence-electron chi connectivity index (χ2n) is 5.93. The lowest BCUT2D eigenvalue weighted by Gasteiger charge is -2.25. The summed E-state index contributed by atoms with van der Waals surface area (Å²) >= 11 is 0. The first-order chi connectivity index (χ1) is 12.5. The van der Waals surface area contributed by atoms with Crippen molar-refractivity contribution >= 4 is 21.6 Å². The normalized spacial score (nSPS) is 16.4. The highest BCUT2D eigenvalue weighted by Crippen LogP contribution is 2.34. The van der Waals surface area contributed by atoms with Crippen molar-refractivity contribution in [3.63, 3.8) is 0 Å². The molecule has 0 saturated carbocycles. The van der Waals surface area contributed by atoms with Crippen LogP contribution in [0.2, 0.25) is 0 Å². The van der Waals surface area contributed by atoms with E-state index < -0.39 is 10.0 Å². The van der Waals surface area contributed by atoms with Crippen LogP contribution >= 0.6 is 0 Å². The number of amides is 1. The van der Waals surface area contributed by atoms with Gasteiger partial charge in [-0.2, -0.15) is 0 Å². The first-order valence-electron chi connectivity index (χ1n) is 8.33. The van der Waals surface area contributed by atoms with Crippen LogP contribution in [0.1, 0.15) is 17.9 Å². The minimum atomic E-state index is -3.66. The summed E-state index contributed by atoms with van der Waals surface area (Å²) < 4.78 is 32.4. The molecule has 0 aromatic heterocycles. The topological polar surface area (TPSA) is 111 Å². The van der Waals surface area contributed by atoms with E-state index >= 15 is 0 Å². The van der Waals surface area contributed by atoms with Gasteiger partial charge in [0.2, 0.25) is 15.9 Å². The Labute approximate surface area is 152 Å². The van der Waals surface area contributed by atoms with Crippen LogP contribution < -0.4 is 20.5 Å². The molecular formula is C18H21N3O4S. The number of hydrogen-bond donors (Lipinski definition) is 3. The summed E-state index contributed by atoms with van der Waals surface area (Å²) in [6.07, 6.45) is 0.568. The molecule has 3 rings (SSSR count). The van der Waals surface area contributed by atoms with Gasteiger partial charge in [-0.15, -0.1) is 0 Å². The fraction of sp³-hybridized carbons (Fsp3) is 0.278. The molecule has 1 amide bonds. The van der Waals surface area contributed by atoms with E-state index in [0.29, 0.717) is 24.5 Å². The van der Waals surface area contributed by atoms with Crippen LogP contribution in [0.3, 0.4) is 0 Å². The molecule has 0 bridgehead atoms. The van der Waals surface area contributed by atoms with Gasteiger partial charge in [0.15, 0.2) is 0 Å². The number of rotatable bonds is 6. The van der Waals surface area contributed by atoms with Crippen LogP contribution in [0.5, 0.6) is 5.75 Å². The highest BCUT2D eigenvalue weighted by Gasteiger charge is 2.27. The van der Waals surface area contributed by atoms with Crippen molar-refractivity contribution in [2.24, 2.45) is 5.73 Å². The summed E-state index contributed by atoms with van der Waals surface area (Å²) in [6.45, 7) is 0.823. The van der Waals surface area contributed by atoms with Crippen LogP contribution in [-0.2, 0) is 14.8 Å². The molecule has 2 aromatic rings. The maximum absolute atomic E-state index is 12.7. The van der Waals surface area contributed by atoms with Crippen molar-refractivity contribution in [2.45, 2.75) is 17.2 Å². The quantitative estimate of drug-likeness (QED) is 0.707. The first kappa shape index (κ1) is 18.4. The highest BCUT2D eigenvalue weighted by molar-refractivity contribution is 7.89. The minimum absolute atomic E-state index is 0.0797. The fourth-order valence-electron chi connectivity index (χ4n) is 2.86. The lowest BCUT2D eigenvalue weighted by molar-refractivity contribution is -0.118. The molecule has 1 aliphatic rings. The number of para-hydroxylation sites is 1. The third-order valence-corrected chi connectivity index (χ3v) is 5.58. The van der Waals surface area contributed by atoms with Gasteiger partial charge < -0.3 is 15.8 Å². The van der Waals surface area contributed by atoms with E-state index in [4.69, 9.17) is 10.5 Å². The standard InChI is InChI=1S/C18H21N3O4S/c19-9-10-20-26(23,24)14-5-3-4-13(12-14)21-18(22)16-8-11-25-17-7-2-1-6-15(16)17/h1-7,12,16,20H,8-11,19H2,(H,21,22). The number of fused-ring (bicyclic) bond motifs is 1. The van der Waals surface area contributed by atoms with Gasteiger partial charge in [0.25, 0.3) is 0 Å². The van der Waals surface area contributed by atoms with Gasteiger partial charge in [-0.1, -0.05) is 24.3 Å². The Kier molecular flexibility index (Phi) is 5.55. The van der Waals surface area contributed by atoms with Crippen LogP contribution in [0.15, 0.2) is 53.4 Å². The molecule has 138 valence electrons. The van der Waals surface area contributed by atoms with Gasteiger partial charge in [0.1, 0.15) is 5.75 Å². The van der Waals surface area contributed by atoms with Crippen molar-refractivity contribution in [3.8, 4) is 5.75 Å². The molecule has 1 unspecified atom stereocenters. The van der Waals surface area contributed by atoms with Crippen LogP contribution in [0, 0.1) is 0 Å². The number of hydrogen-bond acceptors (Lipinski definition) is 5. The third kappa shape index (κ3) is 4.04. The molecule has 7 nitrogen and oxygen atoms in total. The second kappa shape index (κ2) is 7.86. The molecule has 1 aliphatic heterocycles. The van der Waals surface area contributed by atoms with Crippen molar-refractivity contribution in [2.75, 3.05) is 25.0 Å². The summed E-state index contributed by atoms with van der Waals surface area (Å²) in [7, 11) is -3.66. The summed E-state index contributed by atoms with van der Waals surface area (Å²) in [4.78, 5) is 12.8. The van der Waals surface area contributed by atoms with Gasteiger partial charge in [0, 0.05) is 24.3 Å². The number of sulfonamides is 1. The SMILES string of the molecule is NCCNS(=O)(=O)c1cccc(NC(=O)C2CCOc3ccccc32)c1. The Morgan fingerprint density at radius 3 is 2.81 bits per heavy atom. The molecule has 26 heavy (non-hydrogen) atoms. The number of benzene rings is 2. The molecule has 0 spiro atoms. The largest absolute Gasteiger partial charge is 0.493 e. The Morgan fingerprint density at radius 1 is 1.19 bits per heavy atom. The fourth-order valence-corrected chi connectivity index (χ4v) is 3.95. The second-order valence-corrected chi connectivity index (χ2v) is 7.70. The maximum Gasteiger partial charge on any atom is 0.240 e. The molecule has 4 N–H and O–H groups in total. The monoisotopic (exact) mass is 375 g/mol. The lowest BCUT2D eigenvalue weighted by atomic mass is 9.92. The van der Waals surface area contributed by atoms with E-state index in [2.05, 4.69) is 10.0 Å². The van der Waals surface area contributed by atoms with Gasteiger partial charge in [-0.3, -0.25) is 4.79 Å². The van der Waals surface area contributed by atoms with Gasteiger partial charge in [-0.05, 0) is 30.7 Å². The van der Waals surface area contributed by atoms with E-state index in [9.17, 15) is 13.2 Å². The Hall–Kier alpha value is -2.42. The van der Waals surface area contributed by atoms with Crippen LogP contribution in [-0.4, -0.2) is 34.0 Å². The maximum atomic E-state index is 12.7. The number of nitrogens with one attached hydrogen (secondary N) is 2. The number of carbonyl (C=O) groups excluding carboxylic acids is 1. The van der Waals surface area contributed by atoms with E-state index in [0.717, 1.165) is 5.56 Å². The molecule has 8 heteroatoms. The smallest absolute Gasteiger partial charge is 0.240 e. The zero-order valence-corrected chi connectivity index (χ0v) is 15.0. The number of nitrogens with two attached hydrogens (primary N) is 1. The Balaban J connectivity index is 1.78. The summed E-state index contributed by atoms with van der Waals surface area (Å²) in [6, 6.07) is 13.6. The molecule has 0 fully saturated rings. The number of carbonyl (C=O) groups is 1. The van der Waals surface area contributed by atoms with Crippen molar-refractivity contribution < 1.29 is 17.9 Å². The summed E-state index contributed by atoms with van der Waals surface area (Å²) in [5, 5.41) is 2.81. The number of ether oxygens (including phenoxy) is 1. The van der Waals surface area contributed by atoms with E-state index in [1.807, 2.05) is 24.3 Å². The first-order valence-corrected chi connectivity index (χ1v) is 9.82. The predicted octanol–water partition coefficient (Wildman–Crippen LogP) is 1.43. The summed E-state index contributed by atoms with van der Waals surface area (Å²) in [5.74, 6) is 0.182. The molecule has 0 radical (unpaired) electrons. The molecule has 0 saturated heterocycles. The van der Waals surface area contributed by atoms with E-state index in [1.165, 1.54) is 12.1 Å². The van der Waals surface area contributed by atoms with E-state index in [1.54, 1.807) is 12.1 Å². The third-order valence-electron chi connectivity index (χ3n) is 4.12. The van der Waals surface area contributed by atoms with Crippen molar-refractivity contribution in [3.05, 3.63) is 54.1 Å². The van der Waals surface area contributed by atoms with Crippen molar-refractivity contribution in [1.82, 2.24) is 4.72 Å². The molecule has 1 heterocycles. The molecule has 1 atom stereocenters. The molecule has 0 aliphatic carbocycles. The van der Waals surface area contributed by atoms with Crippen LogP contribution in [0.4, 0.5) is 5.69 Å². The van der Waals surface area contributed by atoms with Crippen molar-refractivity contribution in [1.29, 1.82) is 0 Å². The predicted molar refractivity (Wildman–Crippen MR) is 98.6 cm³/mol. The summed E-state index contributed by atoms with van der Waals surface area (Å²) in [5.41, 5.74) is 6.60. The lowest BCUT2D eigenvalue weighted by Crippen LogP contribution is -2.29. The zero-order chi connectivity index (χ0) is 18.6. The number of anilines is 1. The Morgan fingerprint density at radius 2 is 2.00 bits per heavy atom. The molecule has 2 aromatic carbocycles. The van der Waals surface area contributed by atoms with E-state index in [-0.39, 0.29) is 29.8 Å². The van der Waals surface area contributed by atoms with Gasteiger partial charge in [0.05, 0.1) is 17.4 Å². The average molecular weight is 375 g/mol. The van der Waals surface area contributed by atoms with Gasteiger partial charge in [-0.25, -0.2) is 13.1 Å². The molecular weight excluding hydrogens is 354 g/mol. The minimum Gasteiger partial charge on any atom is -0.493 e. The highest BCUT2D eigenvalue weighted by atomic mass is 32.2. The van der Waals surface area contributed by atoms with Crippen LogP contribution in [0.25, 0.3) is 0 Å².